The van der Waals surface area contributed by atoms with Crippen LogP contribution in [0.1, 0.15) is 78.2 Å². The second kappa shape index (κ2) is 8.01. The summed E-state index contributed by atoms with van der Waals surface area (Å²) < 4.78 is 5.43. The number of methoxy groups -OCH3 is 1. The lowest BCUT2D eigenvalue weighted by Gasteiger charge is -2.53. The van der Waals surface area contributed by atoms with Gasteiger partial charge in [0.15, 0.2) is 0 Å². The molecule has 1 saturated carbocycles. The standard InChI is InChI=1S/C24H32N2O2.C2H6/c1-23-11-9-21-18(5-8-22(27)26-12-4-10-24(21,26)2)20(23)7-6-19(23)16-13-17(28-3)15-25-14-16;1-2/h6,13-15,18,20-21H,4-5,7-12H2,1-3H3;1-2H3. The summed E-state index contributed by atoms with van der Waals surface area (Å²) >= 11 is 0. The molecule has 4 aliphatic rings. The zero-order chi connectivity index (χ0) is 21.5. The van der Waals surface area contributed by atoms with Gasteiger partial charge in [0, 0.05) is 24.7 Å². The molecule has 0 bridgehead atoms. The minimum absolute atomic E-state index is 0.0832. The Kier molecular flexibility index (Phi) is 5.71. The van der Waals surface area contributed by atoms with E-state index >= 15 is 0 Å². The minimum atomic E-state index is 0.0832. The van der Waals surface area contributed by atoms with E-state index in [1.807, 2.05) is 20.0 Å². The first-order chi connectivity index (χ1) is 14.5. The maximum absolute atomic E-state index is 12.9. The Morgan fingerprint density at radius 1 is 1.13 bits per heavy atom. The van der Waals surface area contributed by atoms with Crippen molar-refractivity contribution < 1.29 is 9.53 Å². The highest BCUT2D eigenvalue weighted by Gasteiger charge is 2.58. The van der Waals surface area contributed by atoms with Gasteiger partial charge < -0.3 is 9.64 Å². The number of nitrogens with zero attached hydrogens (tertiary/aromatic N) is 2. The number of fused-ring (bicyclic) bond motifs is 5. The van der Waals surface area contributed by atoms with E-state index in [2.05, 4.69) is 35.9 Å². The van der Waals surface area contributed by atoms with E-state index in [9.17, 15) is 4.79 Å². The summed E-state index contributed by atoms with van der Waals surface area (Å²) in [5.74, 6) is 3.16. The molecule has 0 radical (unpaired) electrons. The number of hydrogen-bond donors (Lipinski definition) is 0. The van der Waals surface area contributed by atoms with Gasteiger partial charge in [0.1, 0.15) is 5.75 Å². The molecule has 0 N–H and O–H groups in total. The van der Waals surface area contributed by atoms with E-state index in [1.165, 1.54) is 36.8 Å². The van der Waals surface area contributed by atoms with Crippen LogP contribution in [0.2, 0.25) is 0 Å². The van der Waals surface area contributed by atoms with Gasteiger partial charge >= 0.3 is 0 Å². The summed E-state index contributed by atoms with van der Waals surface area (Å²) in [5, 5.41) is 0. The van der Waals surface area contributed by atoms with E-state index in [0.29, 0.717) is 23.7 Å². The van der Waals surface area contributed by atoms with Crippen LogP contribution >= 0.6 is 0 Å². The summed E-state index contributed by atoms with van der Waals surface area (Å²) in [6.07, 6.45) is 14.0. The van der Waals surface area contributed by atoms with Gasteiger partial charge in [-0.05, 0) is 85.8 Å². The van der Waals surface area contributed by atoms with Crippen LogP contribution in [0, 0.1) is 23.2 Å². The second-order valence-corrected chi connectivity index (χ2v) is 9.84. The summed E-state index contributed by atoms with van der Waals surface area (Å²) in [5.41, 5.74) is 2.93. The molecule has 1 aromatic heterocycles. The lowest BCUT2D eigenvalue weighted by molar-refractivity contribution is -0.135. The van der Waals surface area contributed by atoms with Gasteiger partial charge in [0.2, 0.25) is 5.91 Å². The molecule has 4 heteroatoms. The molecule has 2 aliphatic heterocycles. The van der Waals surface area contributed by atoms with Crippen LogP contribution in [0.3, 0.4) is 0 Å². The highest BCUT2D eigenvalue weighted by Crippen LogP contribution is 2.63. The first kappa shape index (κ1) is 21.4. The topological polar surface area (TPSA) is 42.4 Å². The molecule has 0 aromatic carbocycles. The number of carbonyl (C=O) groups is 1. The van der Waals surface area contributed by atoms with Gasteiger partial charge in [0.05, 0.1) is 13.3 Å². The van der Waals surface area contributed by atoms with Crippen LogP contribution in [0.5, 0.6) is 5.75 Å². The predicted molar refractivity (Wildman–Crippen MR) is 121 cm³/mol. The number of allylic oxidation sites excluding steroid dienone is 2. The van der Waals surface area contributed by atoms with E-state index in [0.717, 1.165) is 31.6 Å². The van der Waals surface area contributed by atoms with E-state index in [-0.39, 0.29) is 11.0 Å². The molecule has 2 aliphatic carbocycles. The Hall–Kier alpha value is -1.84. The number of amides is 1. The van der Waals surface area contributed by atoms with Crippen molar-refractivity contribution >= 4 is 11.5 Å². The maximum atomic E-state index is 12.9. The maximum Gasteiger partial charge on any atom is 0.223 e. The fourth-order valence-electron chi connectivity index (χ4n) is 7.36. The number of ether oxygens (including phenoxy) is 1. The average molecular weight is 411 g/mol. The highest BCUT2D eigenvalue weighted by atomic mass is 16.5. The first-order valence-corrected chi connectivity index (χ1v) is 12.0. The van der Waals surface area contributed by atoms with Crippen LogP contribution in [0.4, 0.5) is 0 Å². The molecular weight excluding hydrogens is 372 g/mol. The third-order valence-electron chi connectivity index (χ3n) is 8.75. The zero-order valence-corrected chi connectivity index (χ0v) is 19.4. The fourth-order valence-corrected chi connectivity index (χ4v) is 7.36. The first-order valence-electron chi connectivity index (χ1n) is 12.0. The molecule has 164 valence electrons. The van der Waals surface area contributed by atoms with Crippen molar-refractivity contribution in [3.05, 3.63) is 30.1 Å². The average Bonchev–Trinajstić information content (AvgIpc) is 3.31. The van der Waals surface area contributed by atoms with E-state index < -0.39 is 0 Å². The largest absolute Gasteiger partial charge is 0.495 e. The third-order valence-corrected chi connectivity index (χ3v) is 8.75. The van der Waals surface area contributed by atoms with Crippen LogP contribution < -0.4 is 4.74 Å². The van der Waals surface area contributed by atoms with Gasteiger partial charge in [0.25, 0.3) is 0 Å². The molecule has 30 heavy (non-hydrogen) atoms. The van der Waals surface area contributed by atoms with Crippen molar-refractivity contribution in [3.8, 4) is 5.75 Å². The molecular formula is C26H38N2O2. The monoisotopic (exact) mass is 410 g/mol. The van der Waals surface area contributed by atoms with Gasteiger partial charge in [-0.15, -0.1) is 0 Å². The van der Waals surface area contributed by atoms with Crippen molar-refractivity contribution in [2.75, 3.05) is 13.7 Å². The Morgan fingerprint density at radius 3 is 2.70 bits per heavy atom. The summed E-state index contributed by atoms with van der Waals surface area (Å²) in [6.45, 7) is 9.83. The molecule has 0 spiro atoms. The molecule has 1 aromatic rings. The Labute approximate surface area is 182 Å². The molecule has 1 amide bonds. The number of rotatable bonds is 2. The molecule has 5 unspecified atom stereocenters. The fraction of sp³-hybridized carbons (Fsp3) is 0.692. The minimum Gasteiger partial charge on any atom is -0.495 e. The Morgan fingerprint density at radius 2 is 1.93 bits per heavy atom. The molecule has 5 rings (SSSR count). The van der Waals surface area contributed by atoms with Crippen molar-refractivity contribution in [1.82, 2.24) is 9.88 Å². The number of aromatic nitrogens is 1. The molecule has 2 saturated heterocycles. The summed E-state index contributed by atoms with van der Waals surface area (Å²) in [7, 11) is 1.70. The number of pyridine rings is 1. The second-order valence-electron chi connectivity index (χ2n) is 9.84. The summed E-state index contributed by atoms with van der Waals surface area (Å²) in [4.78, 5) is 19.5. The predicted octanol–water partition coefficient (Wildman–Crippen LogP) is 5.73. The molecule has 3 fully saturated rings. The third kappa shape index (κ3) is 3.09. The van der Waals surface area contributed by atoms with Crippen LogP contribution in [0.15, 0.2) is 24.5 Å². The normalized spacial score (nSPS) is 37.2. The van der Waals surface area contributed by atoms with Gasteiger partial charge in [-0.25, -0.2) is 0 Å². The lowest BCUT2D eigenvalue weighted by atomic mass is 9.54. The van der Waals surface area contributed by atoms with Crippen LogP contribution in [0.25, 0.3) is 5.57 Å². The smallest absolute Gasteiger partial charge is 0.223 e. The van der Waals surface area contributed by atoms with Crippen molar-refractivity contribution in [3.63, 3.8) is 0 Å². The van der Waals surface area contributed by atoms with Crippen molar-refractivity contribution in [2.45, 2.75) is 78.2 Å². The lowest BCUT2D eigenvalue weighted by Crippen LogP contribution is -2.53. The molecule has 4 nitrogen and oxygen atoms in total. The molecule has 3 heterocycles. The summed E-state index contributed by atoms with van der Waals surface area (Å²) in [6, 6.07) is 2.13. The Bertz CT molecular complexity index is 834. The number of hydrogen-bond acceptors (Lipinski definition) is 3. The van der Waals surface area contributed by atoms with Gasteiger partial charge in [-0.1, -0.05) is 26.8 Å². The van der Waals surface area contributed by atoms with Crippen LogP contribution in [-0.4, -0.2) is 35.0 Å². The van der Waals surface area contributed by atoms with Crippen LogP contribution in [-0.2, 0) is 4.79 Å². The van der Waals surface area contributed by atoms with Crippen molar-refractivity contribution in [2.24, 2.45) is 23.2 Å². The quantitative estimate of drug-likeness (QED) is 0.625. The van der Waals surface area contributed by atoms with E-state index in [1.54, 1.807) is 13.3 Å². The zero-order valence-electron chi connectivity index (χ0n) is 19.4. The molecule has 5 atom stereocenters. The Balaban J connectivity index is 0.00000106. The van der Waals surface area contributed by atoms with Gasteiger partial charge in [-0.2, -0.15) is 0 Å². The van der Waals surface area contributed by atoms with Crippen molar-refractivity contribution in [1.29, 1.82) is 0 Å². The number of carbonyl (C=O) groups excluding carboxylic acids is 1. The van der Waals surface area contributed by atoms with E-state index in [4.69, 9.17) is 4.74 Å². The van der Waals surface area contributed by atoms with Gasteiger partial charge in [-0.3, -0.25) is 9.78 Å². The highest BCUT2D eigenvalue weighted by molar-refractivity contribution is 5.78. The SMILES string of the molecule is CC.COc1cncc(C2=CCC3C4CCC(=O)N5CCCC5(C)C4CCC23C)c1.